The van der Waals surface area contributed by atoms with Gasteiger partial charge < -0.3 is 24.5 Å². The Morgan fingerprint density at radius 1 is 1.29 bits per heavy atom. The lowest BCUT2D eigenvalue weighted by Gasteiger charge is -2.10. The van der Waals surface area contributed by atoms with Gasteiger partial charge in [-0.2, -0.15) is 0 Å². The number of pyridine rings is 1. The van der Waals surface area contributed by atoms with Crippen LogP contribution in [-0.2, 0) is 24.9 Å². The van der Waals surface area contributed by atoms with Crippen LogP contribution < -0.4 is 15.5 Å². The maximum Gasteiger partial charge on any atom is 0.257 e. The zero-order chi connectivity index (χ0) is 24.9. The van der Waals surface area contributed by atoms with E-state index in [-0.39, 0.29) is 37.4 Å². The summed E-state index contributed by atoms with van der Waals surface area (Å²) in [5.41, 5.74) is 0.622. The summed E-state index contributed by atoms with van der Waals surface area (Å²) >= 11 is 10.8. The minimum Gasteiger partial charge on any atom is -0.480 e. The molecule has 1 atom stereocenters. The van der Waals surface area contributed by atoms with Crippen LogP contribution in [0.25, 0.3) is 10.2 Å². The molecule has 4 rings (SSSR count). The summed E-state index contributed by atoms with van der Waals surface area (Å²) in [6.07, 6.45) is 2.36. The summed E-state index contributed by atoms with van der Waals surface area (Å²) in [6.45, 7) is 0.693. The predicted octanol–water partition coefficient (Wildman–Crippen LogP) is 4.20. The maximum atomic E-state index is 13.0. The van der Waals surface area contributed by atoms with Crippen LogP contribution in [0.1, 0.15) is 20.8 Å². The van der Waals surface area contributed by atoms with Crippen molar-refractivity contribution in [2.24, 2.45) is 7.05 Å². The molecule has 3 heterocycles. The first-order chi connectivity index (χ1) is 16.8. The molecule has 4 aromatic rings. The molecule has 12 heteroatoms. The predicted molar refractivity (Wildman–Crippen MR) is 146 cm³/mol. The molecule has 0 saturated heterocycles. The van der Waals surface area contributed by atoms with E-state index in [2.05, 4.69) is 32.9 Å². The molecule has 0 aliphatic carbocycles. The number of halogens is 2. The number of aliphatic hydroxyl groups excluding tert-OH is 1. The Kier molecular flexibility index (Phi) is 8.78. The van der Waals surface area contributed by atoms with Crippen LogP contribution in [0.3, 0.4) is 0 Å². The number of nitrogens with zero attached hydrogens (tertiary/aromatic N) is 2. The number of rotatable bonds is 10. The number of thiazole rings is 1. The number of thiophene rings is 1. The molecule has 0 unspecified atom stereocenters. The fourth-order valence-corrected chi connectivity index (χ4v) is 5.70. The van der Waals surface area contributed by atoms with Gasteiger partial charge in [0.15, 0.2) is 8.08 Å². The van der Waals surface area contributed by atoms with Gasteiger partial charge in [-0.1, -0.05) is 35.1 Å². The van der Waals surface area contributed by atoms with Crippen LogP contribution in [0, 0.1) is 3.01 Å². The summed E-state index contributed by atoms with van der Waals surface area (Å²) in [7, 11) is 1.79. The lowest BCUT2D eigenvalue weighted by molar-refractivity contribution is 0.00691. The van der Waals surface area contributed by atoms with Crippen LogP contribution in [-0.4, -0.2) is 39.9 Å². The number of benzene rings is 1. The van der Waals surface area contributed by atoms with Gasteiger partial charge in [-0.25, -0.2) is 4.98 Å². The van der Waals surface area contributed by atoms with Gasteiger partial charge in [0, 0.05) is 29.7 Å². The topological polar surface area (TPSA) is 103 Å². The maximum absolute atomic E-state index is 13.0. The van der Waals surface area contributed by atoms with E-state index in [0.29, 0.717) is 15.5 Å². The second-order valence-electron chi connectivity index (χ2n) is 7.64. The highest BCUT2D eigenvalue weighted by molar-refractivity contribution is 14.1. The van der Waals surface area contributed by atoms with E-state index in [1.807, 2.05) is 12.1 Å². The van der Waals surface area contributed by atoms with E-state index < -0.39 is 12.0 Å². The first kappa shape index (κ1) is 26.0. The highest BCUT2D eigenvalue weighted by Crippen LogP contribution is 2.25. The van der Waals surface area contributed by atoms with E-state index in [4.69, 9.17) is 21.1 Å². The van der Waals surface area contributed by atoms with E-state index in [0.717, 1.165) is 18.3 Å². The molecular formula is C23H21ClIN3O5S2. The molecule has 2 N–H and O–H groups in total. The molecule has 184 valence electrons. The molecular weight excluding hydrogens is 625 g/mol. The highest BCUT2D eigenvalue weighted by Gasteiger charge is 2.17. The Balaban J connectivity index is 1.36. The van der Waals surface area contributed by atoms with Crippen molar-refractivity contribution < 1.29 is 19.4 Å². The lowest BCUT2D eigenvalue weighted by Crippen LogP contribution is -2.29. The Morgan fingerprint density at radius 2 is 2.06 bits per heavy atom. The summed E-state index contributed by atoms with van der Waals surface area (Å²) in [6, 6.07) is 8.87. The number of fused-ring (bicyclic) bond motifs is 1. The number of aliphatic hydroxyl groups is 1. The Labute approximate surface area is 227 Å². The largest absolute Gasteiger partial charge is 0.480 e. The fraction of sp³-hybridized carbons (Fsp3) is 0.261. The number of hydrogen-bond donors (Lipinski definition) is 2. The molecule has 3 aromatic heterocycles. The third-order valence-corrected chi connectivity index (χ3v) is 8.02. The zero-order valence-corrected chi connectivity index (χ0v) is 23.0. The van der Waals surface area contributed by atoms with Gasteiger partial charge in [0.1, 0.15) is 23.1 Å². The average Bonchev–Trinajstić information content (AvgIpc) is 3.46. The standard InChI is InChI=1S/C23H21ClIN3O5S2/c1-28-9-18(21(31)26-7-13-2-4-14(24)5-3-13)20(30)17-6-16(34-22(17)28)12-32-10-15(29)11-33-19-8-27-23(25)35-19/h2-6,8-9,15,29H,7,10-12H2,1H3,(H,26,31)/t15-/m1/s1. The van der Waals surface area contributed by atoms with E-state index in [9.17, 15) is 14.7 Å². The fourth-order valence-electron chi connectivity index (χ4n) is 3.25. The van der Waals surface area contributed by atoms with Crippen molar-refractivity contribution in [3.8, 4) is 5.06 Å². The molecule has 35 heavy (non-hydrogen) atoms. The second-order valence-corrected chi connectivity index (χ2v) is 11.9. The smallest absolute Gasteiger partial charge is 0.257 e. The van der Waals surface area contributed by atoms with Crippen LogP contribution in [0.2, 0.25) is 5.02 Å². The van der Waals surface area contributed by atoms with Gasteiger partial charge in [0.05, 0.1) is 24.8 Å². The molecule has 0 saturated carbocycles. The number of nitrogens with one attached hydrogen (secondary N) is 1. The molecule has 0 fully saturated rings. The number of ether oxygens (including phenoxy) is 2. The highest BCUT2D eigenvalue weighted by atomic mass is 127. The average molecular weight is 646 g/mol. The van der Waals surface area contributed by atoms with Crippen LogP contribution in [0.15, 0.2) is 47.5 Å². The third-order valence-electron chi connectivity index (χ3n) is 4.94. The number of aryl methyl sites for hydroxylation is 1. The Bertz CT molecular complexity index is 1390. The third kappa shape index (κ3) is 6.80. The summed E-state index contributed by atoms with van der Waals surface area (Å²) in [4.78, 5) is 31.4. The molecule has 1 aromatic carbocycles. The quantitative estimate of drug-likeness (QED) is 0.251. The Morgan fingerprint density at radius 3 is 2.77 bits per heavy atom. The van der Waals surface area contributed by atoms with Gasteiger partial charge in [-0.3, -0.25) is 9.59 Å². The van der Waals surface area contributed by atoms with E-state index >= 15 is 0 Å². The monoisotopic (exact) mass is 645 g/mol. The SMILES string of the molecule is Cn1cc(C(=O)NCc2ccc(Cl)cc2)c(=O)c2cc(COC[C@@H](O)COc3cnc(I)s3)sc21. The van der Waals surface area contributed by atoms with Gasteiger partial charge in [0.25, 0.3) is 5.91 Å². The Hall–Kier alpha value is -2.03. The van der Waals surface area contributed by atoms with E-state index in [1.54, 1.807) is 42.2 Å². The van der Waals surface area contributed by atoms with Crippen molar-refractivity contribution in [3.63, 3.8) is 0 Å². The zero-order valence-electron chi connectivity index (χ0n) is 18.5. The van der Waals surface area contributed by atoms with Crippen LogP contribution >= 0.6 is 56.9 Å². The van der Waals surface area contributed by atoms with Crippen molar-refractivity contribution in [2.45, 2.75) is 19.3 Å². The summed E-state index contributed by atoms with van der Waals surface area (Å²) in [5, 5.41) is 14.6. The number of aromatic nitrogens is 2. The number of carbonyl (C=O) groups excluding carboxylic acids is 1. The van der Waals surface area contributed by atoms with Crippen molar-refractivity contribution in [2.75, 3.05) is 13.2 Å². The summed E-state index contributed by atoms with van der Waals surface area (Å²) in [5.74, 6) is -0.440. The van der Waals surface area contributed by atoms with Crippen molar-refractivity contribution >= 4 is 73.0 Å². The van der Waals surface area contributed by atoms with Crippen LogP contribution in [0.4, 0.5) is 0 Å². The molecule has 8 nitrogen and oxygen atoms in total. The first-order valence-electron chi connectivity index (χ1n) is 10.4. The molecule has 0 aliphatic rings. The van der Waals surface area contributed by atoms with Gasteiger partial charge in [-0.15, -0.1) is 11.3 Å². The van der Waals surface area contributed by atoms with Gasteiger partial charge >= 0.3 is 0 Å². The number of hydrogen-bond acceptors (Lipinski definition) is 8. The summed E-state index contributed by atoms with van der Waals surface area (Å²) < 4.78 is 13.7. The second kappa shape index (κ2) is 11.8. The lowest BCUT2D eigenvalue weighted by atomic mass is 10.2. The van der Waals surface area contributed by atoms with E-state index in [1.165, 1.54) is 22.7 Å². The number of carbonyl (C=O) groups is 1. The molecule has 0 radical (unpaired) electrons. The molecule has 0 aliphatic heterocycles. The van der Waals surface area contributed by atoms with Gasteiger partial charge in [0.2, 0.25) is 5.43 Å². The van der Waals surface area contributed by atoms with Gasteiger partial charge in [-0.05, 0) is 46.4 Å². The van der Waals surface area contributed by atoms with Crippen molar-refractivity contribution in [1.29, 1.82) is 0 Å². The molecule has 1 amide bonds. The van der Waals surface area contributed by atoms with Crippen molar-refractivity contribution in [3.05, 3.63) is 77.0 Å². The minimum absolute atomic E-state index is 0.0736. The first-order valence-corrected chi connectivity index (χ1v) is 13.5. The van der Waals surface area contributed by atoms with Crippen LogP contribution in [0.5, 0.6) is 5.06 Å². The molecule has 0 spiro atoms. The van der Waals surface area contributed by atoms with Crippen molar-refractivity contribution in [1.82, 2.24) is 14.9 Å². The normalized spacial score (nSPS) is 12.1. The minimum atomic E-state index is -0.800. The number of amides is 1. The molecule has 0 bridgehead atoms.